The number of nitrogens with zero attached hydrogens (tertiary/aromatic N) is 1. The molecule has 0 aliphatic carbocycles. The van der Waals surface area contributed by atoms with E-state index in [2.05, 4.69) is 4.74 Å². The normalized spacial score (nSPS) is 11.3. The van der Waals surface area contributed by atoms with Gasteiger partial charge in [-0.1, -0.05) is 0 Å². The van der Waals surface area contributed by atoms with E-state index in [0.29, 0.717) is 6.61 Å². The monoisotopic (exact) mass is 176 g/mol. The zero-order valence-electron chi connectivity index (χ0n) is 8.29. The maximum atomic E-state index is 10.8. The molecule has 0 aliphatic rings. The molecule has 0 aromatic rings. The number of likely N-dealkylation sites (N-methyl/N-ethyl adjacent to an activating group) is 1. The smallest absolute Gasteiger partial charge is 0.332 e. The highest BCUT2D eigenvalue weighted by atomic mass is 16.6. The van der Waals surface area contributed by atoms with Crippen molar-refractivity contribution in [3.8, 4) is 0 Å². The second kappa shape index (κ2) is 5.11. The summed E-state index contributed by atoms with van der Waals surface area (Å²) in [5, 5.41) is 0. The number of carbonyl (C=O) groups is 1. The molecule has 0 aromatic heterocycles. The zero-order chi connectivity index (χ0) is 9.61. The van der Waals surface area contributed by atoms with Crippen LogP contribution in [0.5, 0.6) is 0 Å². The van der Waals surface area contributed by atoms with Crippen LogP contribution in [0.1, 0.15) is 0 Å². The Morgan fingerprint density at radius 1 is 1.33 bits per heavy atom. The number of hydrogen-bond acceptors (Lipinski definition) is 3. The molecule has 0 bridgehead atoms. The Bertz CT molecular complexity index is 140. The molecule has 0 rings (SSSR count). The van der Waals surface area contributed by atoms with Gasteiger partial charge >= 0.3 is 5.97 Å². The van der Waals surface area contributed by atoms with Crippen LogP contribution in [0.15, 0.2) is 0 Å². The molecule has 0 aliphatic heterocycles. The third kappa shape index (κ3) is 7.50. The summed E-state index contributed by atoms with van der Waals surface area (Å²) in [7, 11) is 7.61. The number of ether oxygens (including phenoxy) is 2. The number of quaternary nitrogens is 1. The molecule has 0 unspecified atom stereocenters. The van der Waals surface area contributed by atoms with Gasteiger partial charge in [-0.15, -0.1) is 0 Å². The lowest BCUT2D eigenvalue weighted by Crippen LogP contribution is -2.38. The van der Waals surface area contributed by atoms with E-state index in [0.717, 1.165) is 11.0 Å². The number of esters is 1. The van der Waals surface area contributed by atoms with Crippen LogP contribution in [-0.2, 0) is 14.3 Å². The van der Waals surface area contributed by atoms with Gasteiger partial charge in [-0.2, -0.15) is 0 Å². The Hall–Kier alpha value is -0.610. The summed E-state index contributed by atoms with van der Waals surface area (Å²) in [6.45, 7) is 1.30. The van der Waals surface area contributed by atoms with Crippen LogP contribution in [-0.4, -0.2) is 58.5 Å². The minimum absolute atomic E-state index is 0.0388. The van der Waals surface area contributed by atoms with Gasteiger partial charge in [-0.25, -0.2) is 4.79 Å². The maximum Gasteiger partial charge on any atom is 0.332 e. The third-order valence-electron chi connectivity index (χ3n) is 1.29. The average Bonchev–Trinajstić information content (AvgIpc) is 1.84. The van der Waals surface area contributed by atoms with E-state index in [-0.39, 0.29) is 12.6 Å². The lowest BCUT2D eigenvalue weighted by Gasteiger charge is -2.23. The van der Waals surface area contributed by atoms with Crippen molar-refractivity contribution in [1.29, 1.82) is 0 Å². The molecule has 0 saturated carbocycles. The fourth-order valence-electron chi connectivity index (χ4n) is 0.593. The summed E-state index contributed by atoms with van der Waals surface area (Å²) in [5.74, 6) is -0.300. The summed E-state index contributed by atoms with van der Waals surface area (Å²) in [6, 6.07) is 0. The van der Waals surface area contributed by atoms with Crippen LogP contribution in [0.3, 0.4) is 0 Å². The van der Waals surface area contributed by atoms with Gasteiger partial charge in [0, 0.05) is 7.11 Å². The molecule has 0 N–H and O–H groups in total. The predicted molar refractivity (Wildman–Crippen MR) is 45.7 cm³/mol. The number of carbonyl (C=O) groups excluding carboxylic acids is 1. The van der Waals surface area contributed by atoms with Crippen molar-refractivity contribution in [1.82, 2.24) is 0 Å². The molecule has 0 fully saturated rings. The average molecular weight is 176 g/mol. The predicted octanol–water partition coefficient (Wildman–Crippen LogP) is -0.118. The van der Waals surface area contributed by atoms with E-state index >= 15 is 0 Å². The highest BCUT2D eigenvalue weighted by Crippen LogP contribution is 1.89. The Labute approximate surface area is 73.7 Å². The van der Waals surface area contributed by atoms with Gasteiger partial charge in [0.25, 0.3) is 0 Å². The van der Waals surface area contributed by atoms with Crippen molar-refractivity contribution in [3.63, 3.8) is 0 Å². The summed E-state index contributed by atoms with van der Waals surface area (Å²) in [4.78, 5) is 10.8. The second-order valence-electron chi connectivity index (χ2n) is 3.67. The summed E-state index contributed by atoms with van der Waals surface area (Å²) in [5.41, 5.74) is 0. The minimum atomic E-state index is -0.300. The highest BCUT2D eigenvalue weighted by molar-refractivity contribution is 5.70. The van der Waals surface area contributed by atoms with E-state index in [1.807, 2.05) is 21.1 Å². The first-order valence-corrected chi connectivity index (χ1v) is 3.91. The van der Waals surface area contributed by atoms with E-state index in [4.69, 9.17) is 4.74 Å². The van der Waals surface area contributed by atoms with Gasteiger partial charge in [0.05, 0.1) is 21.1 Å². The topological polar surface area (TPSA) is 35.5 Å². The molecule has 0 aromatic carbocycles. The third-order valence-corrected chi connectivity index (χ3v) is 1.29. The lowest BCUT2D eigenvalue weighted by atomic mass is 10.5. The van der Waals surface area contributed by atoms with Gasteiger partial charge < -0.3 is 14.0 Å². The van der Waals surface area contributed by atoms with E-state index in [1.54, 1.807) is 0 Å². The van der Waals surface area contributed by atoms with Crippen molar-refractivity contribution in [2.45, 2.75) is 0 Å². The molecule has 4 heteroatoms. The largest absolute Gasteiger partial charge is 0.458 e. The maximum absolute atomic E-state index is 10.8. The van der Waals surface area contributed by atoms with Crippen LogP contribution in [0.4, 0.5) is 0 Å². The van der Waals surface area contributed by atoms with Gasteiger partial charge in [-0.3, -0.25) is 0 Å². The molecular weight excluding hydrogens is 158 g/mol. The summed E-state index contributed by atoms with van der Waals surface area (Å²) in [6.07, 6.45) is 0. The summed E-state index contributed by atoms with van der Waals surface area (Å²) < 4.78 is 10.3. The Morgan fingerprint density at radius 3 is 2.33 bits per heavy atom. The van der Waals surface area contributed by atoms with Gasteiger partial charge in [0.15, 0.2) is 0 Å². The number of rotatable bonds is 5. The zero-order valence-corrected chi connectivity index (χ0v) is 8.29. The Morgan fingerprint density at radius 2 is 1.92 bits per heavy atom. The highest BCUT2D eigenvalue weighted by Gasteiger charge is 2.08. The Balaban J connectivity index is 3.37. The fraction of sp³-hybridized carbons (Fsp3) is 0.875. The van der Waals surface area contributed by atoms with Crippen LogP contribution in [0, 0.1) is 0 Å². The van der Waals surface area contributed by atoms with Gasteiger partial charge in [0.1, 0.15) is 19.8 Å². The molecule has 0 saturated heterocycles. The van der Waals surface area contributed by atoms with E-state index < -0.39 is 0 Å². The molecule has 0 heterocycles. The molecule has 0 radical (unpaired) electrons. The molecule has 4 nitrogen and oxygen atoms in total. The van der Waals surface area contributed by atoms with Crippen molar-refractivity contribution in [2.24, 2.45) is 0 Å². The van der Waals surface area contributed by atoms with Crippen LogP contribution in [0.2, 0.25) is 0 Å². The van der Waals surface area contributed by atoms with E-state index in [1.165, 1.54) is 7.11 Å². The van der Waals surface area contributed by atoms with Crippen molar-refractivity contribution in [2.75, 3.05) is 48.0 Å². The van der Waals surface area contributed by atoms with Crippen molar-refractivity contribution in [3.05, 3.63) is 0 Å². The molecule has 0 amide bonds. The first-order valence-electron chi connectivity index (χ1n) is 3.91. The first-order chi connectivity index (χ1) is 5.45. The van der Waals surface area contributed by atoms with Gasteiger partial charge in [-0.05, 0) is 0 Å². The lowest BCUT2D eigenvalue weighted by molar-refractivity contribution is -0.870. The van der Waals surface area contributed by atoms with Crippen molar-refractivity contribution >= 4 is 5.97 Å². The second-order valence-corrected chi connectivity index (χ2v) is 3.67. The summed E-state index contributed by atoms with van der Waals surface area (Å²) >= 11 is 0. The van der Waals surface area contributed by atoms with Crippen LogP contribution in [0.25, 0.3) is 0 Å². The number of hydrogen-bond donors (Lipinski definition) is 0. The van der Waals surface area contributed by atoms with Crippen LogP contribution >= 0.6 is 0 Å². The van der Waals surface area contributed by atoms with Crippen molar-refractivity contribution < 1.29 is 18.8 Å². The van der Waals surface area contributed by atoms with Gasteiger partial charge in [0.2, 0.25) is 0 Å². The quantitative estimate of drug-likeness (QED) is 0.433. The minimum Gasteiger partial charge on any atom is -0.458 e. The molecule has 12 heavy (non-hydrogen) atoms. The molecular formula is C8H18NO3+. The molecule has 72 valence electrons. The molecule has 0 atom stereocenters. The SMILES string of the molecule is COCC(=O)OCC[N+](C)(C)C. The molecule has 0 spiro atoms. The Kier molecular flexibility index (Phi) is 4.85. The van der Waals surface area contributed by atoms with Crippen LogP contribution < -0.4 is 0 Å². The fourth-order valence-corrected chi connectivity index (χ4v) is 0.593. The first kappa shape index (κ1) is 11.4. The standard InChI is InChI=1S/C8H18NO3/c1-9(2,3)5-6-12-8(10)7-11-4/h5-7H2,1-4H3/q+1. The van der Waals surface area contributed by atoms with E-state index in [9.17, 15) is 4.79 Å². The number of methoxy groups -OCH3 is 1.